The van der Waals surface area contributed by atoms with Crippen molar-refractivity contribution in [2.45, 2.75) is 43.4 Å². The summed E-state index contributed by atoms with van der Waals surface area (Å²) >= 11 is 0. The molecule has 1 aromatic heterocycles. The fourth-order valence-electron chi connectivity index (χ4n) is 3.94. The first-order chi connectivity index (χ1) is 11.1. The van der Waals surface area contributed by atoms with Crippen molar-refractivity contribution in [3.63, 3.8) is 0 Å². The first kappa shape index (κ1) is 16.4. The molecule has 2 saturated heterocycles. The molecule has 2 aliphatic heterocycles. The van der Waals surface area contributed by atoms with Crippen molar-refractivity contribution < 1.29 is 14.6 Å². The van der Waals surface area contributed by atoms with Gasteiger partial charge in [-0.15, -0.1) is 0 Å². The molecule has 1 amide bonds. The van der Waals surface area contributed by atoms with Crippen molar-refractivity contribution in [3.05, 3.63) is 30.1 Å². The number of rotatable bonds is 6. The number of hydrogen-bond donors (Lipinski definition) is 2. The Bertz CT molecular complexity index is 523. The van der Waals surface area contributed by atoms with Gasteiger partial charge in [-0.05, 0) is 37.8 Å². The van der Waals surface area contributed by atoms with Crippen LogP contribution in [0.3, 0.4) is 0 Å². The number of nitrogens with zero attached hydrogens (tertiary/aromatic N) is 2. The zero-order chi connectivity index (χ0) is 16.3. The third-order valence-corrected chi connectivity index (χ3v) is 5.01. The summed E-state index contributed by atoms with van der Waals surface area (Å²) in [5.74, 6) is 0.0298. The van der Waals surface area contributed by atoms with Crippen molar-refractivity contribution >= 4 is 5.91 Å². The molecule has 126 valence electrons. The second-order valence-corrected chi connectivity index (χ2v) is 6.55. The lowest BCUT2D eigenvalue weighted by Crippen LogP contribution is -2.52. The third-order valence-electron chi connectivity index (χ3n) is 5.01. The van der Waals surface area contributed by atoms with Gasteiger partial charge in [0.2, 0.25) is 5.91 Å². The SMILES string of the molecule is COCCNC(=O)CN1C2CCC1CC(O)(c1ccccn1)C2. The summed E-state index contributed by atoms with van der Waals surface area (Å²) in [7, 11) is 1.62. The van der Waals surface area contributed by atoms with Gasteiger partial charge in [0.15, 0.2) is 0 Å². The Balaban J connectivity index is 1.62. The van der Waals surface area contributed by atoms with Gasteiger partial charge in [-0.3, -0.25) is 14.7 Å². The highest BCUT2D eigenvalue weighted by Crippen LogP contribution is 2.44. The number of piperidine rings is 1. The summed E-state index contributed by atoms with van der Waals surface area (Å²) in [5, 5.41) is 13.9. The first-order valence-corrected chi connectivity index (χ1v) is 8.27. The molecule has 3 heterocycles. The predicted octanol–water partition coefficient (Wildman–Crippen LogP) is 0.659. The Morgan fingerprint density at radius 1 is 1.43 bits per heavy atom. The average Bonchev–Trinajstić information content (AvgIpc) is 2.80. The molecule has 23 heavy (non-hydrogen) atoms. The van der Waals surface area contributed by atoms with Crippen molar-refractivity contribution in [2.75, 3.05) is 26.8 Å². The van der Waals surface area contributed by atoms with Crippen molar-refractivity contribution in [1.82, 2.24) is 15.2 Å². The third kappa shape index (κ3) is 3.54. The molecule has 0 aromatic carbocycles. The molecule has 3 rings (SSSR count). The number of amides is 1. The van der Waals surface area contributed by atoms with Gasteiger partial charge in [0, 0.05) is 31.9 Å². The lowest BCUT2D eigenvalue weighted by atomic mass is 9.83. The minimum atomic E-state index is -0.865. The molecular weight excluding hydrogens is 294 g/mol. The monoisotopic (exact) mass is 319 g/mol. The molecule has 2 unspecified atom stereocenters. The fourth-order valence-corrected chi connectivity index (χ4v) is 3.94. The summed E-state index contributed by atoms with van der Waals surface area (Å²) in [4.78, 5) is 18.6. The van der Waals surface area contributed by atoms with Gasteiger partial charge in [0.05, 0.1) is 18.8 Å². The maximum atomic E-state index is 12.1. The Kier molecular flexibility index (Phi) is 4.94. The molecule has 0 spiro atoms. The number of carbonyl (C=O) groups excluding carboxylic acids is 1. The van der Waals surface area contributed by atoms with Crippen LogP contribution in [0.5, 0.6) is 0 Å². The highest BCUT2D eigenvalue weighted by molar-refractivity contribution is 5.78. The van der Waals surface area contributed by atoms with Gasteiger partial charge < -0.3 is 15.2 Å². The summed E-state index contributed by atoms with van der Waals surface area (Å²) < 4.78 is 4.94. The number of aliphatic hydroxyl groups is 1. The number of aromatic nitrogens is 1. The minimum Gasteiger partial charge on any atom is -0.383 e. The van der Waals surface area contributed by atoms with Gasteiger partial charge in [-0.25, -0.2) is 0 Å². The topological polar surface area (TPSA) is 74.7 Å². The van der Waals surface area contributed by atoms with E-state index in [2.05, 4.69) is 15.2 Å². The van der Waals surface area contributed by atoms with Gasteiger partial charge >= 0.3 is 0 Å². The van der Waals surface area contributed by atoms with Gasteiger partial charge in [-0.1, -0.05) is 6.07 Å². The van der Waals surface area contributed by atoms with E-state index in [0.29, 0.717) is 32.5 Å². The largest absolute Gasteiger partial charge is 0.383 e. The molecule has 0 aliphatic carbocycles. The predicted molar refractivity (Wildman–Crippen MR) is 85.8 cm³/mol. The second kappa shape index (κ2) is 6.95. The fraction of sp³-hybridized carbons (Fsp3) is 0.647. The summed E-state index contributed by atoms with van der Waals surface area (Å²) in [5.41, 5.74) is -0.114. The maximum Gasteiger partial charge on any atom is 0.234 e. The summed E-state index contributed by atoms with van der Waals surface area (Å²) in [6.07, 6.45) is 5.08. The number of carbonyl (C=O) groups is 1. The van der Waals surface area contributed by atoms with E-state index in [9.17, 15) is 9.90 Å². The molecule has 2 bridgehead atoms. The standard InChI is InChI=1S/C17H25N3O3/c1-23-9-8-19-16(21)12-20-13-5-6-14(20)11-17(22,10-13)15-4-2-3-7-18-15/h2-4,7,13-14,22H,5-6,8-12H2,1H3,(H,19,21). The van der Waals surface area contributed by atoms with E-state index >= 15 is 0 Å². The van der Waals surface area contributed by atoms with Crippen LogP contribution < -0.4 is 5.32 Å². The second-order valence-electron chi connectivity index (χ2n) is 6.55. The molecule has 0 radical (unpaired) electrons. The lowest BCUT2D eigenvalue weighted by Gasteiger charge is -2.43. The summed E-state index contributed by atoms with van der Waals surface area (Å²) in [6, 6.07) is 6.16. The molecule has 1 aromatic rings. The van der Waals surface area contributed by atoms with Crippen LogP contribution in [0.1, 0.15) is 31.4 Å². The van der Waals surface area contributed by atoms with Crippen LogP contribution in [0.15, 0.2) is 24.4 Å². The normalized spacial score (nSPS) is 30.3. The number of fused-ring (bicyclic) bond motifs is 2. The minimum absolute atomic E-state index is 0.0298. The zero-order valence-electron chi connectivity index (χ0n) is 13.6. The van der Waals surface area contributed by atoms with Crippen LogP contribution in [0.4, 0.5) is 0 Å². The Hall–Kier alpha value is -1.50. The molecule has 2 fully saturated rings. The molecule has 2 aliphatic rings. The molecule has 0 saturated carbocycles. The molecule has 2 N–H and O–H groups in total. The zero-order valence-corrected chi connectivity index (χ0v) is 13.6. The Morgan fingerprint density at radius 3 is 2.78 bits per heavy atom. The highest BCUT2D eigenvalue weighted by atomic mass is 16.5. The van der Waals surface area contributed by atoms with E-state index in [1.165, 1.54) is 0 Å². The van der Waals surface area contributed by atoms with E-state index in [0.717, 1.165) is 18.5 Å². The van der Waals surface area contributed by atoms with Crippen molar-refractivity contribution in [2.24, 2.45) is 0 Å². The lowest BCUT2D eigenvalue weighted by molar-refractivity contribution is -0.126. The number of hydrogen-bond acceptors (Lipinski definition) is 5. The molecule has 6 nitrogen and oxygen atoms in total. The quantitative estimate of drug-likeness (QED) is 0.754. The number of pyridine rings is 1. The van der Waals surface area contributed by atoms with E-state index < -0.39 is 5.60 Å². The Morgan fingerprint density at radius 2 is 2.17 bits per heavy atom. The van der Waals surface area contributed by atoms with Crippen LogP contribution in [0, 0.1) is 0 Å². The average molecular weight is 319 g/mol. The van der Waals surface area contributed by atoms with E-state index in [1.54, 1.807) is 13.3 Å². The maximum absolute atomic E-state index is 12.1. The molecular formula is C17H25N3O3. The highest BCUT2D eigenvalue weighted by Gasteiger charge is 2.49. The van der Waals surface area contributed by atoms with Crippen LogP contribution in [0.2, 0.25) is 0 Å². The molecule has 6 heteroatoms. The van der Waals surface area contributed by atoms with Crippen molar-refractivity contribution in [1.29, 1.82) is 0 Å². The van der Waals surface area contributed by atoms with Crippen LogP contribution >= 0.6 is 0 Å². The smallest absolute Gasteiger partial charge is 0.234 e. The van der Waals surface area contributed by atoms with Crippen LogP contribution in [-0.4, -0.2) is 59.8 Å². The van der Waals surface area contributed by atoms with Gasteiger partial charge in [0.1, 0.15) is 5.60 Å². The van der Waals surface area contributed by atoms with Crippen molar-refractivity contribution in [3.8, 4) is 0 Å². The number of nitrogens with one attached hydrogen (secondary N) is 1. The first-order valence-electron chi connectivity index (χ1n) is 8.27. The van der Waals surface area contributed by atoms with Gasteiger partial charge in [-0.2, -0.15) is 0 Å². The van der Waals surface area contributed by atoms with Crippen LogP contribution in [0.25, 0.3) is 0 Å². The van der Waals surface area contributed by atoms with E-state index in [-0.39, 0.29) is 18.0 Å². The van der Waals surface area contributed by atoms with E-state index in [4.69, 9.17) is 4.74 Å². The van der Waals surface area contributed by atoms with E-state index in [1.807, 2.05) is 18.2 Å². The van der Waals surface area contributed by atoms with Crippen LogP contribution in [-0.2, 0) is 15.1 Å². The van der Waals surface area contributed by atoms with Gasteiger partial charge in [0.25, 0.3) is 0 Å². The summed E-state index contributed by atoms with van der Waals surface area (Å²) in [6.45, 7) is 1.46. The number of ether oxygens (including phenoxy) is 1. The Labute approximate surface area is 136 Å². The number of methoxy groups -OCH3 is 1. The molecule has 2 atom stereocenters.